The number of amides is 1. The number of benzene rings is 1. The number of carbonyl (C=O) groups excluding carboxylic acids is 1. The lowest BCUT2D eigenvalue weighted by Gasteiger charge is -2.31. The molecule has 4 rings (SSSR count). The fourth-order valence-electron chi connectivity index (χ4n) is 4.18. The minimum absolute atomic E-state index is 0.102. The number of nitrogens with zero attached hydrogens (tertiary/aromatic N) is 5. The Labute approximate surface area is 148 Å². The van der Waals surface area contributed by atoms with Crippen LogP contribution in [0.15, 0.2) is 30.3 Å². The largest absolute Gasteiger partial charge is 0.396 e. The molecule has 0 spiro atoms. The van der Waals surface area contributed by atoms with Gasteiger partial charge < -0.3 is 4.90 Å². The van der Waals surface area contributed by atoms with Crippen LogP contribution in [0.1, 0.15) is 19.3 Å². The fraction of sp³-hybridized carbons (Fsp3) is 0.529. The number of likely N-dealkylation sites (tertiary alicyclic amines) is 1. The van der Waals surface area contributed by atoms with Crippen LogP contribution in [-0.4, -0.2) is 50.3 Å². The van der Waals surface area contributed by atoms with Gasteiger partial charge in [-0.05, 0) is 24.0 Å². The highest BCUT2D eigenvalue weighted by Crippen LogP contribution is 2.57. The summed E-state index contributed by atoms with van der Waals surface area (Å²) in [6.07, 6.45) is -3.10. The molecule has 9 heteroatoms. The van der Waals surface area contributed by atoms with Gasteiger partial charge in [0, 0.05) is 18.7 Å². The third-order valence-electron chi connectivity index (χ3n) is 5.55. The van der Waals surface area contributed by atoms with Crippen molar-refractivity contribution in [2.24, 2.45) is 11.3 Å². The quantitative estimate of drug-likeness (QED) is 0.839. The van der Waals surface area contributed by atoms with Gasteiger partial charge in [0.05, 0.1) is 5.41 Å². The Bertz CT molecular complexity index is 806. The number of tetrazole rings is 1. The monoisotopic (exact) mass is 365 g/mol. The summed E-state index contributed by atoms with van der Waals surface area (Å²) in [6.45, 7) is -0.320. The number of aromatic nitrogens is 4. The highest BCUT2D eigenvalue weighted by Gasteiger charge is 2.65. The van der Waals surface area contributed by atoms with Crippen LogP contribution in [0.3, 0.4) is 0 Å². The maximum Gasteiger partial charge on any atom is 0.396 e. The third-order valence-corrected chi connectivity index (χ3v) is 5.55. The molecule has 1 saturated carbocycles. The minimum Gasteiger partial charge on any atom is -0.340 e. The molecule has 2 atom stereocenters. The van der Waals surface area contributed by atoms with Gasteiger partial charge in [-0.1, -0.05) is 36.8 Å². The molecule has 2 heterocycles. The molecule has 2 aromatic rings. The van der Waals surface area contributed by atoms with E-state index in [-0.39, 0.29) is 26.1 Å². The second-order valence-corrected chi connectivity index (χ2v) is 7.03. The van der Waals surface area contributed by atoms with Crippen LogP contribution >= 0.6 is 0 Å². The number of fused-ring (bicyclic) bond motifs is 1. The summed E-state index contributed by atoms with van der Waals surface area (Å²) in [5.74, 6) is -0.529. The molecule has 1 saturated heterocycles. The number of halogens is 3. The van der Waals surface area contributed by atoms with Gasteiger partial charge in [-0.2, -0.15) is 18.0 Å². The third kappa shape index (κ3) is 2.75. The Morgan fingerprint density at radius 2 is 2.04 bits per heavy atom. The standard InChI is InChI=1S/C17H18F3N5O/c18-17(19,20)16-8-4-7-13(16)9-24(11-16)14(26)10-25-22-15(21-23-25)12-5-2-1-3-6-12/h1-3,5-6,13H,4,7-11H2/t13-,16-/m0/s1. The molecule has 26 heavy (non-hydrogen) atoms. The zero-order chi connectivity index (χ0) is 18.4. The van der Waals surface area contributed by atoms with Crippen molar-refractivity contribution in [3.8, 4) is 11.4 Å². The van der Waals surface area contributed by atoms with Crippen LogP contribution in [0, 0.1) is 11.3 Å². The van der Waals surface area contributed by atoms with Crippen LogP contribution in [0.2, 0.25) is 0 Å². The maximum absolute atomic E-state index is 13.6. The molecule has 0 radical (unpaired) electrons. The first-order valence-corrected chi connectivity index (χ1v) is 8.57. The van der Waals surface area contributed by atoms with Gasteiger partial charge in [-0.3, -0.25) is 4.79 Å². The number of carbonyl (C=O) groups is 1. The van der Waals surface area contributed by atoms with Gasteiger partial charge in [0.15, 0.2) is 0 Å². The summed E-state index contributed by atoms with van der Waals surface area (Å²) in [7, 11) is 0. The lowest BCUT2D eigenvalue weighted by molar-refractivity contribution is -0.226. The molecule has 1 aliphatic carbocycles. The lowest BCUT2D eigenvalue weighted by Crippen LogP contribution is -2.43. The fourth-order valence-corrected chi connectivity index (χ4v) is 4.18. The van der Waals surface area contributed by atoms with Crippen LogP contribution in [0.4, 0.5) is 13.2 Å². The van der Waals surface area contributed by atoms with E-state index in [1.807, 2.05) is 30.3 Å². The average molecular weight is 365 g/mol. The molecule has 1 amide bonds. The van der Waals surface area contributed by atoms with Crippen molar-refractivity contribution in [1.82, 2.24) is 25.1 Å². The summed E-state index contributed by atoms with van der Waals surface area (Å²) in [5, 5.41) is 11.9. The van der Waals surface area contributed by atoms with Crippen LogP contribution in [-0.2, 0) is 11.3 Å². The van der Waals surface area contributed by atoms with E-state index in [1.54, 1.807) is 0 Å². The van der Waals surface area contributed by atoms with E-state index in [0.29, 0.717) is 18.7 Å². The van der Waals surface area contributed by atoms with E-state index in [4.69, 9.17) is 0 Å². The van der Waals surface area contributed by atoms with Gasteiger partial charge in [0.2, 0.25) is 11.7 Å². The normalized spacial score (nSPS) is 25.5. The molecule has 0 N–H and O–H groups in total. The number of alkyl halides is 3. The first-order valence-electron chi connectivity index (χ1n) is 8.57. The molecule has 6 nitrogen and oxygen atoms in total. The molecular weight excluding hydrogens is 347 g/mol. The Morgan fingerprint density at radius 3 is 2.73 bits per heavy atom. The minimum atomic E-state index is -4.28. The molecular formula is C17H18F3N5O. The molecule has 1 aromatic heterocycles. The first-order chi connectivity index (χ1) is 12.4. The SMILES string of the molecule is O=C(Cn1nnc(-c2ccccc2)n1)N1C[C@@H]2CCC[C@]2(C(F)(F)F)C1. The Hall–Kier alpha value is -2.45. The van der Waals surface area contributed by atoms with Crippen molar-refractivity contribution in [3.05, 3.63) is 30.3 Å². The van der Waals surface area contributed by atoms with E-state index in [1.165, 1.54) is 4.90 Å². The zero-order valence-corrected chi connectivity index (χ0v) is 14.0. The number of hydrogen-bond donors (Lipinski definition) is 0. The lowest BCUT2D eigenvalue weighted by atomic mass is 9.80. The van der Waals surface area contributed by atoms with Crippen LogP contribution in [0.25, 0.3) is 11.4 Å². The molecule has 2 aliphatic rings. The van der Waals surface area contributed by atoms with Gasteiger partial charge in [0.1, 0.15) is 6.54 Å². The molecule has 0 bridgehead atoms. The van der Waals surface area contributed by atoms with Crippen molar-refractivity contribution in [1.29, 1.82) is 0 Å². The molecule has 2 fully saturated rings. The maximum atomic E-state index is 13.6. The summed E-state index contributed by atoms with van der Waals surface area (Å²) < 4.78 is 40.8. The van der Waals surface area contributed by atoms with E-state index < -0.39 is 23.4 Å². The highest BCUT2D eigenvalue weighted by molar-refractivity contribution is 5.76. The van der Waals surface area contributed by atoms with Crippen LogP contribution < -0.4 is 0 Å². The molecule has 1 aliphatic heterocycles. The Kier molecular flexibility index (Phi) is 3.96. The summed E-state index contributed by atoms with van der Waals surface area (Å²) in [4.78, 5) is 14.9. The molecule has 1 aromatic carbocycles. The predicted molar refractivity (Wildman–Crippen MR) is 85.7 cm³/mol. The first kappa shape index (κ1) is 17.0. The van der Waals surface area contributed by atoms with Crippen LogP contribution in [0.5, 0.6) is 0 Å². The average Bonchev–Trinajstić information content (AvgIpc) is 3.28. The highest BCUT2D eigenvalue weighted by atomic mass is 19.4. The second-order valence-electron chi connectivity index (χ2n) is 7.03. The Balaban J connectivity index is 1.46. The van der Waals surface area contributed by atoms with Crippen molar-refractivity contribution in [2.75, 3.05) is 13.1 Å². The zero-order valence-electron chi connectivity index (χ0n) is 14.0. The summed E-state index contributed by atoms with van der Waals surface area (Å²) >= 11 is 0. The van der Waals surface area contributed by atoms with E-state index in [2.05, 4.69) is 15.4 Å². The predicted octanol–water partition coefficient (Wildman–Crippen LogP) is 2.53. The molecule has 138 valence electrons. The van der Waals surface area contributed by atoms with Crippen molar-refractivity contribution in [3.63, 3.8) is 0 Å². The second kappa shape index (κ2) is 6.07. The molecule has 0 unspecified atom stereocenters. The smallest absolute Gasteiger partial charge is 0.340 e. The van der Waals surface area contributed by atoms with Gasteiger partial charge in [-0.25, -0.2) is 0 Å². The summed E-state index contributed by atoms with van der Waals surface area (Å²) in [5.41, 5.74) is -0.980. The van der Waals surface area contributed by atoms with Gasteiger partial charge >= 0.3 is 6.18 Å². The van der Waals surface area contributed by atoms with Crippen molar-refractivity contribution >= 4 is 5.91 Å². The number of rotatable bonds is 3. The van der Waals surface area contributed by atoms with Crippen molar-refractivity contribution < 1.29 is 18.0 Å². The topological polar surface area (TPSA) is 63.9 Å². The van der Waals surface area contributed by atoms with E-state index >= 15 is 0 Å². The van der Waals surface area contributed by atoms with Gasteiger partial charge in [0.25, 0.3) is 0 Å². The number of hydrogen-bond acceptors (Lipinski definition) is 4. The van der Waals surface area contributed by atoms with Crippen molar-refractivity contribution in [2.45, 2.75) is 32.0 Å². The van der Waals surface area contributed by atoms with Gasteiger partial charge in [-0.15, -0.1) is 10.2 Å². The van der Waals surface area contributed by atoms with E-state index in [0.717, 1.165) is 10.4 Å². The summed E-state index contributed by atoms with van der Waals surface area (Å²) in [6, 6.07) is 9.16. The Morgan fingerprint density at radius 1 is 1.27 bits per heavy atom. The van der Waals surface area contributed by atoms with E-state index in [9.17, 15) is 18.0 Å².